The summed E-state index contributed by atoms with van der Waals surface area (Å²) in [4.78, 5) is 5.15. The van der Waals surface area contributed by atoms with Gasteiger partial charge in [0.05, 0.1) is 0 Å². The average molecular weight is 354 g/mol. The Morgan fingerprint density at radius 2 is 1.58 bits per heavy atom. The van der Waals surface area contributed by atoms with Crippen LogP contribution in [-0.4, -0.2) is 48.2 Å². The van der Waals surface area contributed by atoms with E-state index in [1.807, 2.05) is 12.1 Å². The van der Waals surface area contributed by atoms with E-state index >= 15 is 0 Å². The molecule has 2 aromatic carbocycles. The molecule has 2 heterocycles. The van der Waals surface area contributed by atoms with E-state index in [1.54, 1.807) is 12.1 Å². The Morgan fingerprint density at radius 1 is 0.885 bits per heavy atom. The van der Waals surface area contributed by atoms with Gasteiger partial charge in [-0.15, -0.1) is 0 Å². The van der Waals surface area contributed by atoms with Gasteiger partial charge in [0.1, 0.15) is 5.82 Å². The molecule has 0 amide bonds. The minimum Gasteiger partial charge on any atom is -0.381 e. The van der Waals surface area contributed by atoms with Crippen molar-refractivity contribution in [2.75, 3.05) is 26.3 Å². The summed E-state index contributed by atoms with van der Waals surface area (Å²) in [5.74, 6) is -0.163. The zero-order valence-corrected chi connectivity index (χ0v) is 15.2. The summed E-state index contributed by atoms with van der Waals surface area (Å²) in [6.07, 6.45) is 2.25. The molecule has 138 valence electrons. The topological polar surface area (TPSA) is 15.7 Å². The second-order valence-electron chi connectivity index (χ2n) is 7.48. The fourth-order valence-electron chi connectivity index (χ4n) is 4.10. The first-order valence-corrected chi connectivity index (χ1v) is 9.62. The second-order valence-corrected chi connectivity index (χ2v) is 7.48. The summed E-state index contributed by atoms with van der Waals surface area (Å²) < 4.78 is 18.6. The maximum atomic E-state index is 13.1. The molecule has 0 aromatic heterocycles. The van der Waals surface area contributed by atoms with Crippen LogP contribution in [0.25, 0.3) is 0 Å². The van der Waals surface area contributed by atoms with Crippen LogP contribution in [0, 0.1) is 5.82 Å². The quantitative estimate of drug-likeness (QED) is 0.787. The lowest BCUT2D eigenvalue weighted by Gasteiger charge is -2.49. The first kappa shape index (κ1) is 17.7. The molecule has 2 aliphatic heterocycles. The van der Waals surface area contributed by atoms with Gasteiger partial charge in [0.25, 0.3) is 0 Å². The van der Waals surface area contributed by atoms with E-state index in [1.165, 1.54) is 11.1 Å². The molecule has 0 atom stereocenters. The third-order valence-corrected chi connectivity index (χ3v) is 5.59. The van der Waals surface area contributed by atoms with Crippen molar-refractivity contribution in [2.45, 2.75) is 38.0 Å². The number of hydrogen-bond donors (Lipinski definition) is 0. The lowest BCUT2D eigenvalue weighted by atomic mass is 9.98. The molecule has 2 aromatic rings. The standard InChI is InChI=1S/C22H27FN2O/c23-20-8-6-19(7-9-20)14-24-16-22(17-24)25(21-10-12-26-13-11-21)15-18-4-2-1-3-5-18/h1-9,21-22H,10-17H2. The average Bonchev–Trinajstić information content (AvgIpc) is 2.66. The highest BCUT2D eigenvalue weighted by molar-refractivity contribution is 5.17. The first-order chi connectivity index (χ1) is 12.8. The van der Waals surface area contributed by atoms with E-state index in [0.29, 0.717) is 12.1 Å². The maximum Gasteiger partial charge on any atom is 0.123 e. The van der Waals surface area contributed by atoms with Crippen molar-refractivity contribution in [1.82, 2.24) is 9.80 Å². The minimum atomic E-state index is -0.163. The molecule has 0 spiro atoms. The van der Waals surface area contributed by atoms with Gasteiger partial charge in [-0.1, -0.05) is 42.5 Å². The summed E-state index contributed by atoms with van der Waals surface area (Å²) in [6.45, 7) is 5.84. The molecule has 0 unspecified atom stereocenters. The van der Waals surface area contributed by atoms with Crippen LogP contribution in [0.3, 0.4) is 0 Å². The van der Waals surface area contributed by atoms with Gasteiger partial charge in [-0.2, -0.15) is 0 Å². The highest BCUT2D eigenvalue weighted by atomic mass is 19.1. The van der Waals surface area contributed by atoms with Crippen LogP contribution in [0.2, 0.25) is 0 Å². The number of likely N-dealkylation sites (tertiary alicyclic amines) is 1. The predicted molar refractivity (Wildman–Crippen MR) is 101 cm³/mol. The Labute approximate surface area is 155 Å². The van der Waals surface area contributed by atoms with E-state index in [0.717, 1.165) is 52.2 Å². The summed E-state index contributed by atoms with van der Waals surface area (Å²) in [7, 11) is 0. The van der Waals surface area contributed by atoms with Crippen LogP contribution in [0.1, 0.15) is 24.0 Å². The maximum absolute atomic E-state index is 13.1. The number of nitrogens with zero attached hydrogens (tertiary/aromatic N) is 2. The Balaban J connectivity index is 1.37. The third-order valence-electron chi connectivity index (χ3n) is 5.59. The third kappa shape index (κ3) is 4.32. The molecular formula is C22H27FN2O. The van der Waals surface area contributed by atoms with Crippen LogP contribution in [0.15, 0.2) is 54.6 Å². The van der Waals surface area contributed by atoms with Crippen molar-refractivity contribution in [2.24, 2.45) is 0 Å². The molecule has 0 bridgehead atoms. The summed E-state index contributed by atoms with van der Waals surface area (Å²) in [5, 5.41) is 0. The monoisotopic (exact) mass is 354 g/mol. The van der Waals surface area contributed by atoms with Crippen LogP contribution in [0.4, 0.5) is 4.39 Å². The summed E-state index contributed by atoms with van der Waals surface area (Å²) >= 11 is 0. The largest absolute Gasteiger partial charge is 0.381 e. The number of benzene rings is 2. The van der Waals surface area contributed by atoms with E-state index in [-0.39, 0.29) is 5.82 Å². The molecule has 0 radical (unpaired) electrons. The molecule has 4 rings (SSSR count). The van der Waals surface area contributed by atoms with Crippen molar-refractivity contribution in [3.05, 3.63) is 71.5 Å². The van der Waals surface area contributed by atoms with Crippen LogP contribution >= 0.6 is 0 Å². The van der Waals surface area contributed by atoms with E-state index in [9.17, 15) is 4.39 Å². The van der Waals surface area contributed by atoms with Crippen LogP contribution in [0.5, 0.6) is 0 Å². The van der Waals surface area contributed by atoms with Gasteiger partial charge in [0.15, 0.2) is 0 Å². The van der Waals surface area contributed by atoms with Gasteiger partial charge < -0.3 is 4.74 Å². The summed E-state index contributed by atoms with van der Waals surface area (Å²) in [5.41, 5.74) is 2.57. The molecule has 2 fully saturated rings. The number of hydrogen-bond acceptors (Lipinski definition) is 3. The van der Waals surface area contributed by atoms with Crippen molar-refractivity contribution < 1.29 is 9.13 Å². The van der Waals surface area contributed by atoms with Gasteiger partial charge in [0.2, 0.25) is 0 Å². The fourth-order valence-corrected chi connectivity index (χ4v) is 4.10. The highest BCUT2D eigenvalue weighted by Gasteiger charge is 2.35. The smallest absolute Gasteiger partial charge is 0.123 e. The molecule has 4 heteroatoms. The molecule has 0 aliphatic carbocycles. The van der Waals surface area contributed by atoms with Crippen molar-refractivity contribution >= 4 is 0 Å². The van der Waals surface area contributed by atoms with E-state index in [2.05, 4.69) is 40.1 Å². The molecule has 2 saturated heterocycles. The van der Waals surface area contributed by atoms with Gasteiger partial charge in [-0.25, -0.2) is 4.39 Å². The Kier molecular flexibility index (Phi) is 5.63. The van der Waals surface area contributed by atoms with Gasteiger partial charge >= 0.3 is 0 Å². The van der Waals surface area contributed by atoms with Crippen molar-refractivity contribution in [1.29, 1.82) is 0 Å². The minimum absolute atomic E-state index is 0.163. The van der Waals surface area contributed by atoms with E-state index in [4.69, 9.17) is 4.74 Å². The predicted octanol–water partition coefficient (Wildman–Crippen LogP) is 3.69. The van der Waals surface area contributed by atoms with Crippen molar-refractivity contribution in [3.63, 3.8) is 0 Å². The number of halogens is 1. The number of ether oxygens (including phenoxy) is 1. The Hall–Kier alpha value is -1.75. The lowest BCUT2D eigenvalue weighted by molar-refractivity contribution is -0.0379. The normalized spacial score (nSPS) is 19.6. The molecule has 0 N–H and O–H groups in total. The fraction of sp³-hybridized carbons (Fsp3) is 0.455. The zero-order valence-electron chi connectivity index (χ0n) is 15.2. The zero-order chi connectivity index (χ0) is 17.8. The molecular weight excluding hydrogens is 327 g/mol. The van der Waals surface area contributed by atoms with E-state index < -0.39 is 0 Å². The Morgan fingerprint density at radius 3 is 2.27 bits per heavy atom. The number of rotatable bonds is 6. The van der Waals surface area contributed by atoms with Gasteiger partial charge in [0, 0.05) is 51.5 Å². The van der Waals surface area contributed by atoms with Crippen LogP contribution < -0.4 is 0 Å². The molecule has 0 saturated carbocycles. The highest BCUT2D eigenvalue weighted by Crippen LogP contribution is 2.26. The second kappa shape index (κ2) is 8.30. The van der Waals surface area contributed by atoms with Crippen LogP contribution in [-0.2, 0) is 17.8 Å². The Bertz CT molecular complexity index is 679. The molecule has 3 nitrogen and oxygen atoms in total. The molecule has 26 heavy (non-hydrogen) atoms. The van der Waals surface area contributed by atoms with Crippen molar-refractivity contribution in [3.8, 4) is 0 Å². The lowest BCUT2D eigenvalue weighted by Crippen LogP contribution is -2.61. The van der Waals surface area contributed by atoms with Gasteiger partial charge in [-0.3, -0.25) is 9.80 Å². The van der Waals surface area contributed by atoms with Gasteiger partial charge in [-0.05, 0) is 36.1 Å². The summed E-state index contributed by atoms with van der Waals surface area (Å²) in [6, 6.07) is 18.9. The SMILES string of the molecule is Fc1ccc(CN2CC(N(Cc3ccccc3)C3CCOCC3)C2)cc1. The molecule has 2 aliphatic rings. The first-order valence-electron chi connectivity index (χ1n) is 9.62.